The summed E-state index contributed by atoms with van der Waals surface area (Å²) >= 11 is 0. The van der Waals surface area contributed by atoms with Gasteiger partial charge in [0.2, 0.25) is 0 Å². The summed E-state index contributed by atoms with van der Waals surface area (Å²) in [6.45, 7) is 2.25. The van der Waals surface area contributed by atoms with Gasteiger partial charge in [-0.2, -0.15) is 0 Å². The van der Waals surface area contributed by atoms with Gasteiger partial charge in [-0.1, -0.05) is 13.0 Å². The van der Waals surface area contributed by atoms with E-state index in [0.29, 0.717) is 0 Å². The first kappa shape index (κ1) is 9.41. The number of hydrogen-bond acceptors (Lipinski definition) is 1. The standard InChI is InChI=1S/C14H18O/c1-2-10-11-5-3-4-9(11)8-13-12(10)6-7-14(13)15/h8,14-15H,2-7H2,1H3/t14-/m0/s1. The quantitative estimate of drug-likeness (QED) is 0.742. The topological polar surface area (TPSA) is 20.2 Å². The Morgan fingerprint density at radius 2 is 2.13 bits per heavy atom. The predicted molar refractivity (Wildman–Crippen MR) is 61.1 cm³/mol. The van der Waals surface area contributed by atoms with Crippen LogP contribution in [-0.2, 0) is 25.7 Å². The zero-order valence-electron chi connectivity index (χ0n) is 9.34. The van der Waals surface area contributed by atoms with Gasteiger partial charge in [-0.15, -0.1) is 0 Å². The highest BCUT2D eigenvalue weighted by atomic mass is 16.3. The molecule has 0 bridgehead atoms. The van der Waals surface area contributed by atoms with Crippen molar-refractivity contribution in [2.75, 3.05) is 0 Å². The van der Waals surface area contributed by atoms with Crippen molar-refractivity contribution >= 4 is 0 Å². The molecule has 0 aliphatic heterocycles. The summed E-state index contributed by atoms with van der Waals surface area (Å²) in [6, 6.07) is 2.29. The first-order valence-electron chi connectivity index (χ1n) is 6.15. The van der Waals surface area contributed by atoms with Crippen molar-refractivity contribution in [3.8, 4) is 0 Å². The summed E-state index contributed by atoms with van der Waals surface area (Å²) in [7, 11) is 0. The van der Waals surface area contributed by atoms with Gasteiger partial charge in [0.15, 0.2) is 0 Å². The van der Waals surface area contributed by atoms with Crippen molar-refractivity contribution in [1.82, 2.24) is 0 Å². The predicted octanol–water partition coefficient (Wildman–Crippen LogP) is 2.72. The maximum Gasteiger partial charge on any atom is 0.0796 e. The van der Waals surface area contributed by atoms with Crippen LogP contribution in [0.2, 0.25) is 0 Å². The highest BCUT2D eigenvalue weighted by molar-refractivity contribution is 5.50. The summed E-state index contributed by atoms with van der Waals surface area (Å²) < 4.78 is 0. The number of benzene rings is 1. The number of aliphatic hydroxyl groups is 1. The third-order valence-electron chi connectivity index (χ3n) is 4.05. The van der Waals surface area contributed by atoms with Crippen molar-refractivity contribution in [1.29, 1.82) is 0 Å². The SMILES string of the molecule is CCc1c2c(cc3c1CC[C@@H]3O)CCC2. The molecule has 0 radical (unpaired) electrons. The van der Waals surface area contributed by atoms with Crippen LogP contribution >= 0.6 is 0 Å². The molecular formula is C14H18O. The van der Waals surface area contributed by atoms with Gasteiger partial charge in [-0.05, 0) is 66.3 Å². The average Bonchev–Trinajstić information content (AvgIpc) is 2.83. The van der Waals surface area contributed by atoms with Crippen LogP contribution in [0.4, 0.5) is 0 Å². The average molecular weight is 202 g/mol. The van der Waals surface area contributed by atoms with E-state index in [1.165, 1.54) is 36.0 Å². The monoisotopic (exact) mass is 202 g/mol. The highest BCUT2D eigenvalue weighted by Gasteiger charge is 2.27. The number of fused-ring (bicyclic) bond motifs is 2. The van der Waals surface area contributed by atoms with Crippen LogP contribution in [0.1, 0.15) is 53.7 Å². The number of aryl methyl sites for hydroxylation is 1. The van der Waals surface area contributed by atoms with E-state index in [0.717, 1.165) is 19.3 Å². The van der Waals surface area contributed by atoms with E-state index in [9.17, 15) is 5.11 Å². The lowest BCUT2D eigenvalue weighted by Crippen LogP contribution is -2.00. The summed E-state index contributed by atoms with van der Waals surface area (Å²) in [6.07, 6.45) is 6.78. The molecule has 0 aromatic heterocycles. The number of hydrogen-bond donors (Lipinski definition) is 1. The summed E-state index contributed by atoms with van der Waals surface area (Å²) in [5.74, 6) is 0. The zero-order chi connectivity index (χ0) is 10.4. The largest absolute Gasteiger partial charge is 0.388 e. The molecular weight excluding hydrogens is 184 g/mol. The fourth-order valence-corrected chi connectivity index (χ4v) is 3.36. The third-order valence-corrected chi connectivity index (χ3v) is 4.05. The van der Waals surface area contributed by atoms with Crippen molar-refractivity contribution in [2.45, 2.75) is 51.6 Å². The van der Waals surface area contributed by atoms with Gasteiger partial charge >= 0.3 is 0 Å². The summed E-state index contributed by atoms with van der Waals surface area (Å²) in [5, 5.41) is 9.93. The molecule has 0 spiro atoms. The summed E-state index contributed by atoms with van der Waals surface area (Å²) in [4.78, 5) is 0. The molecule has 2 aliphatic carbocycles. The van der Waals surface area contributed by atoms with Crippen LogP contribution < -0.4 is 0 Å². The van der Waals surface area contributed by atoms with E-state index in [1.807, 2.05) is 0 Å². The molecule has 1 aromatic rings. The molecule has 1 N–H and O–H groups in total. The molecule has 0 amide bonds. The molecule has 80 valence electrons. The molecule has 1 heteroatoms. The van der Waals surface area contributed by atoms with E-state index in [-0.39, 0.29) is 6.10 Å². The minimum Gasteiger partial charge on any atom is -0.388 e. The molecule has 1 nitrogen and oxygen atoms in total. The van der Waals surface area contributed by atoms with E-state index in [2.05, 4.69) is 13.0 Å². The molecule has 15 heavy (non-hydrogen) atoms. The second-order valence-corrected chi connectivity index (χ2v) is 4.82. The molecule has 0 fully saturated rings. The smallest absolute Gasteiger partial charge is 0.0796 e. The van der Waals surface area contributed by atoms with Gasteiger partial charge < -0.3 is 5.11 Å². The van der Waals surface area contributed by atoms with E-state index in [1.54, 1.807) is 11.1 Å². The zero-order valence-corrected chi connectivity index (χ0v) is 9.34. The second kappa shape index (κ2) is 3.34. The van der Waals surface area contributed by atoms with Crippen LogP contribution in [0.25, 0.3) is 0 Å². The third kappa shape index (κ3) is 1.26. The Bertz CT molecular complexity index is 406. The van der Waals surface area contributed by atoms with Gasteiger partial charge in [-0.3, -0.25) is 0 Å². The molecule has 1 atom stereocenters. The van der Waals surface area contributed by atoms with Crippen LogP contribution in [0, 0.1) is 0 Å². The Hall–Kier alpha value is -0.820. The Balaban J connectivity index is 2.23. The molecule has 0 saturated heterocycles. The van der Waals surface area contributed by atoms with Gasteiger partial charge in [0.1, 0.15) is 0 Å². The molecule has 1 aromatic carbocycles. The van der Waals surface area contributed by atoms with Crippen molar-refractivity contribution in [2.24, 2.45) is 0 Å². The molecule has 0 unspecified atom stereocenters. The van der Waals surface area contributed by atoms with Gasteiger partial charge in [-0.25, -0.2) is 0 Å². The first-order valence-corrected chi connectivity index (χ1v) is 6.15. The van der Waals surface area contributed by atoms with E-state index in [4.69, 9.17) is 0 Å². The van der Waals surface area contributed by atoms with E-state index < -0.39 is 0 Å². The Morgan fingerprint density at radius 1 is 1.27 bits per heavy atom. The van der Waals surface area contributed by atoms with Crippen molar-refractivity contribution in [3.63, 3.8) is 0 Å². The fraction of sp³-hybridized carbons (Fsp3) is 0.571. The Kier molecular flexibility index (Phi) is 2.10. The maximum atomic E-state index is 9.93. The Morgan fingerprint density at radius 3 is 2.93 bits per heavy atom. The molecule has 3 rings (SSSR count). The van der Waals surface area contributed by atoms with Gasteiger partial charge in [0.05, 0.1) is 6.10 Å². The molecule has 2 aliphatic rings. The van der Waals surface area contributed by atoms with Gasteiger partial charge in [0.25, 0.3) is 0 Å². The minimum absolute atomic E-state index is 0.184. The second-order valence-electron chi connectivity index (χ2n) is 4.82. The van der Waals surface area contributed by atoms with Crippen LogP contribution in [0.3, 0.4) is 0 Å². The normalized spacial score (nSPS) is 22.9. The lowest BCUT2D eigenvalue weighted by atomic mass is 9.92. The van der Waals surface area contributed by atoms with Crippen LogP contribution in [-0.4, -0.2) is 5.11 Å². The maximum absolute atomic E-state index is 9.93. The van der Waals surface area contributed by atoms with E-state index >= 15 is 0 Å². The lowest BCUT2D eigenvalue weighted by molar-refractivity contribution is 0.180. The highest BCUT2D eigenvalue weighted by Crippen LogP contribution is 2.39. The van der Waals surface area contributed by atoms with Crippen molar-refractivity contribution in [3.05, 3.63) is 33.9 Å². The molecule has 0 saturated carbocycles. The minimum atomic E-state index is -0.184. The molecule has 0 heterocycles. The number of rotatable bonds is 1. The summed E-state index contributed by atoms with van der Waals surface area (Å²) in [5.41, 5.74) is 7.42. The first-order chi connectivity index (χ1) is 7.31. The van der Waals surface area contributed by atoms with Crippen LogP contribution in [0.15, 0.2) is 6.07 Å². The van der Waals surface area contributed by atoms with Gasteiger partial charge in [0, 0.05) is 0 Å². The van der Waals surface area contributed by atoms with Crippen LogP contribution in [0.5, 0.6) is 0 Å². The number of aliphatic hydroxyl groups excluding tert-OH is 1. The van der Waals surface area contributed by atoms with Crippen molar-refractivity contribution < 1.29 is 5.11 Å². The fourth-order valence-electron chi connectivity index (χ4n) is 3.36. The lowest BCUT2D eigenvalue weighted by Gasteiger charge is -2.14. The Labute approximate surface area is 91.1 Å².